The molecule has 1 fully saturated rings. The summed E-state index contributed by atoms with van der Waals surface area (Å²) >= 11 is 0. The van der Waals surface area contributed by atoms with Gasteiger partial charge in [-0.1, -0.05) is 23.8 Å². The van der Waals surface area contributed by atoms with Gasteiger partial charge in [0.05, 0.1) is 23.9 Å². The molecule has 0 saturated carbocycles. The van der Waals surface area contributed by atoms with E-state index in [1.165, 1.54) is 13.2 Å². The number of amides is 1. The SMILES string of the molecule is COc1ccc(C)cc1C(=O)NCc1ccc(B2OC(C)(C)C(C)(C)O2)cc1F. The van der Waals surface area contributed by atoms with E-state index >= 15 is 0 Å². The van der Waals surface area contributed by atoms with E-state index in [-0.39, 0.29) is 12.5 Å². The quantitative estimate of drug-likeness (QED) is 0.784. The second-order valence-corrected chi connectivity index (χ2v) is 8.33. The minimum Gasteiger partial charge on any atom is -0.496 e. The Kier molecular flexibility index (Phi) is 5.74. The van der Waals surface area contributed by atoms with Crippen LogP contribution in [-0.2, 0) is 15.9 Å². The predicted molar refractivity (Wildman–Crippen MR) is 111 cm³/mol. The van der Waals surface area contributed by atoms with Crippen LogP contribution in [0.4, 0.5) is 4.39 Å². The molecular formula is C22H27BFNO4. The fourth-order valence-corrected chi connectivity index (χ4v) is 3.10. The van der Waals surface area contributed by atoms with Gasteiger partial charge in [0.1, 0.15) is 11.6 Å². The fraction of sp³-hybridized carbons (Fsp3) is 0.409. The van der Waals surface area contributed by atoms with Gasteiger partial charge in [0, 0.05) is 12.1 Å². The second kappa shape index (κ2) is 7.80. The number of rotatable bonds is 5. The highest BCUT2D eigenvalue weighted by atomic mass is 19.1. The van der Waals surface area contributed by atoms with Crippen LogP contribution in [0.25, 0.3) is 0 Å². The molecule has 154 valence electrons. The maximum Gasteiger partial charge on any atom is 0.494 e. The molecule has 2 aromatic rings. The van der Waals surface area contributed by atoms with Crippen molar-refractivity contribution in [3.05, 3.63) is 58.9 Å². The van der Waals surface area contributed by atoms with Crippen molar-refractivity contribution in [3.8, 4) is 5.75 Å². The molecule has 3 rings (SSSR count). The molecule has 29 heavy (non-hydrogen) atoms. The minimum atomic E-state index is -0.630. The standard InChI is InChI=1S/C22H27BFNO4/c1-14-7-10-19(27-6)17(11-14)20(26)25-13-15-8-9-16(12-18(15)24)23-28-21(2,3)22(4,5)29-23/h7-12H,13H2,1-6H3,(H,25,26). The van der Waals surface area contributed by atoms with Crippen molar-refractivity contribution in [3.63, 3.8) is 0 Å². The van der Waals surface area contributed by atoms with Gasteiger partial charge >= 0.3 is 7.12 Å². The van der Waals surface area contributed by atoms with Gasteiger partial charge in [-0.15, -0.1) is 0 Å². The summed E-state index contributed by atoms with van der Waals surface area (Å²) in [6.45, 7) is 9.76. The van der Waals surface area contributed by atoms with E-state index in [1.54, 1.807) is 24.3 Å². The molecule has 1 aliphatic heterocycles. The van der Waals surface area contributed by atoms with Gasteiger partial charge in [-0.05, 0) is 58.3 Å². The summed E-state index contributed by atoms with van der Waals surface area (Å²) in [6.07, 6.45) is 0. The number of nitrogens with one attached hydrogen (secondary N) is 1. The van der Waals surface area contributed by atoms with E-state index in [0.29, 0.717) is 22.3 Å². The normalized spacial score (nSPS) is 17.3. The molecule has 1 heterocycles. The van der Waals surface area contributed by atoms with Crippen molar-refractivity contribution < 1.29 is 23.2 Å². The Bertz CT molecular complexity index is 913. The third-order valence-corrected chi connectivity index (χ3v) is 5.64. The lowest BCUT2D eigenvalue weighted by molar-refractivity contribution is 0.00578. The lowest BCUT2D eigenvalue weighted by Crippen LogP contribution is -2.41. The molecule has 0 unspecified atom stereocenters. The third-order valence-electron chi connectivity index (χ3n) is 5.64. The van der Waals surface area contributed by atoms with E-state index < -0.39 is 24.1 Å². The van der Waals surface area contributed by atoms with Crippen molar-refractivity contribution in [2.45, 2.75) is 52.4 Å². The molecule has 7 heteroatoms. The number of ether oxygens (including phenoxy) is 1. The van der Waals surface area contributed by atoms with Crippen LogP contribution >= 0.6 is 0 Å². The molecule has 1 N–H and O–H groups in total. The summed E-state index contributed by atoms with van der Waals surface area (Å²) in [5.74, 6) is -0.265. The number of halogens is 1. The Hall–Kier alpha value is -2.38. The van der Waals surface area contributed by atoms with Crippen LogP contribution < -0.4 is 15.5 Å². The molecule has 1 amide bonds. The molecule has 1 aliphatic rings. The topological polar surface area (TPSA) is 56.8 Å². The lowest BCUT2D eigenvalue weighted by Gasteiger charge is -2.32. The summed E-state index contributed by atoms with van der Waals surface area (Å²) in [6, 6.07) is 10.2. The van der Waals surface area contributed by atoms with E-state index in [4.69, 9.17) is 14.0 Å². The molecule has 0 radical (unpaired) electrons. The fourth-order valence-electron chi connectivity index (χ4n) is 3.10. The van der Waals surface area contributed by atoms with Crippen LogP contribution in [0, 0.1) is 12.7 Å². The number of benzene rings is 2. The lowest BCUT2D eigenvalue weighted by atomic mass is 9.78. The number of hydrogen-bond acceptors (Lipinski definition) is 4. The number of hydrogen-bond donors (Lipinski definition) is 1. The van der Waals surface area contributed by atoms with Gasteiger partial charge in [0.2, 0.25) is 0 Å². The zero-order chi connectivity index (χ0) is 21.4. The summed E-state index contributed by atoms with van der Waals surface area (Å²) in [5.41, 5.74) is 1.36. The molecule has 5 nitrogen and oxygen atoms in total. The summed E-state index contributed by atoms with van der Waals surface area (Å²) in [7, 11) is 0.880. The number of aryl methyl sites for hydroxylation is 1. The van der Waals surface area contributed by atoms with Crippen molar-refractivity contribution in [1.29, 1.82) is 0 Å². The van der Waals surface area contributed by atoms with Gasteiger partial charge in [-0.3, -0.25) is 4.79 Å². The van der Waals surface area contributed by atoms with Crippen molar-refractivity contribution in [1.82, 2.24) is 5.32 Å². The first-order chi connectivity index (χ1) is 13.5. The van der Waals surface area contributed by atoms with Crippen LogP contribution in [0.5, 0.6) is 5.75 Å². The molecule has 0 bridgehead atoms. The number of carbonyl (C=O) groups excluding carboxylic acids is 1. The molecule has 1 saturated heterocycles. The van der Waals surface area contributed by atoms with Crippen LogP contribution in [0.15, 0.2) is 36.4 Å². The zero-order valence-corrected chi connectivity index (χ0v) is 17.8. The molecule has 2 aromatic carbocycles. The van der Waals surface area contributed by atoms with Gasteiger partial charge < -0.3 is 19.4 Å². The summed E-state index contributed by atoms with van der Waals surface area (Å²) in [4.78, 5) is 12.5. The Morgan fingerprint density at radius 1 is 1.10 bits per heavy atom. The smallest absolute Gasteiger partial charge is 0.494 e. The van der Waals surface area contributed by atoms with E-state index in [9.17, 15) is 9.18 Å². The first kappa shape index (κ1) is 21.3. The van der Waals surface area contributed by atoms with Gasteiger partial charge in [-0.25, -0.2) is 4.39 Å². The summed E-state index contributed by atoms with van der Waals surface area (Å²) in [5, 5.41) is 2.75. The Morgan fingerprint density at radius 2 is 1.76 bits per heavy atom. The van der Waals surface area contributed by atoms with Crippen LogP contribution in [0.3, 0.4) is 0 Å². The van der Waals surface area contributed by atoms with Crippen molar-refractivity contribution in [2.75, 3.05) is 7.11 Å². The highest BCUT2D eigenvalue weighted by molar-refractivity contribution is 6.62. The van der Waals surface area contributed by atoms with E-state index in [0.717, 1.165) is 5.56 Å². The number of methoxy groups -OCH3 is 1. The first-order valence-corrected chi connectivity index (χ1v) is 9.61. The molecule has 0 aromatic heterocycles. The molecule has 0 atom stereocenters. The average Bonchev–Trinajstić information content (AvgIpc) is 2.87. The van der Waals surface area contributed by atoms with Crippen LogP contribution in [-0.4, -0.2) is 31.3 Å². The maximum atomic E-state index is 14.7. The largest absolute Gasteiger partial charge is 0.496 e. The average molecular weight is 399 g/mol. The Balaban J connectivity index is 1.71. The Morgan fingerprint density at radius 3 is 2.34 bits per heavy atom. The maximum absolute atomic E-state index is 14.7. The Labute approximate surface area is 171 Å². The zero-order valence-electron chi connectivity index (χ0n) is 17.8. The molecule has 0 aliphatic carbocycles. The third kappa shape index (κ3) is 4.31. The highest BCUT2D eigenvalue weighted by Gasteiger charge is 2.51. The van der Waals surface area contributed by atoms with Crippen molar-refractivity contribution >= 4 is 18.5 Å². The predicted octanol–water partition coefficient (Wildman–Crippen LogP) is 3.37. The minimum absolute atomic E-state index is 0.0609. The van der Waals surface area contributed by atoms with Gasteiger partial charge in [-0.2, -0.15) is 0 Å². The monoisotopic (exact) mass is 399 g/mol. The first-order valence-electron chi connectivity index (χ1n) is 9.61. The molecule has 0 spiro atoms. The van der Waals surface area contributed by atoms with Crippen LogP contribution in [0.1, 0.15) is 49.2 Å². The highest BCUT2D eigenvalue weighted by Crippen LogP contribution is 2.36. The van der Waals surface area contributed by atoms with E-state index in [1.807, 2.05) is 40.7 Å². The van der Waals surface area contributed by atoms with Crippen LogP contribution in [0.2, 0.25) is 0 Å². The van der Waals surface area contributed by atoms with Gasteiger partial charge in [0.25, 0.3) is 5.91 Å². The van der Waals surface area contributed by atoms with E-state index in [2.05, 4.69) is 5.32 Å². The van der Waals surface area contributed by atoms with Gasteiger partial charge in [0.15, 0.2) is 0 Å². The molecular weight excluding hydrogens is 372 g/mol. The summed E-state index contributed by atoms with van der Waals surface area (Å²) < 4.78 is 31.8. The van der Waals surface area contributed by atoms with Crippen molar-refractivity contribution in [2.24, 2.45) is 0 Å². The second-order valence-electron chi connectivity index (χ2n) is 8.33. The number of carbonyl (C=O) groups is 1.